The number of carbonyl (C=O) groups is 1. The summed E-state index contributed by atoms with van der Waals surface area (Å²) in [4.78, 5) is 16.4. The van der Waals surface area contributed by atoms with Crippen LogP contribution in [-0.4, -0.2) is 41.9 Å². The van der Waals surface area contributed by atoms with Crippen LogP contribution in [0, 0.1) is 0 Å². The molecule has 0 spiro atoms. The molecule has 0 saturated heterocycles. The largest absolute Gasteiger partial charge is 0.461 e. The van der Waals surface area contributed by atoms with E-state index in [1.165, 1.54) is 43.5 Å². The van der Waals surface area contributed by atoms with E-state index in [9.17, 15) is 26.7 Å². The molecule has 1 heterocycles. The minimum absolute atomic E-state index is 0.0670. The van der Waals surface area contributed by atoms with Gasteiger partial charge in [-0.25, -0.2) is 0 Å². The Bertz CT molecular complexity index is 508. The normalized spacial score (nSPS) is 13.2. The van der Waals surface area contributed by atoms with Gasteiger partial charge in [0.25, 0.3) is 0 Å². The van der Waals surface area contributed by atoms with Gasteiger partial charge in [-0.05, 0) is 17.7 Å². The highest BCUT2D eigenvalue weighted by Crippen LogP contribution is 2.39. The van der Waals surface area contributed by atoms with Gasteiger partial charge in [-0.1, -0.05) is 0 Å². The third-order valence-electron chi connectivity index (χ3n) is 2.26. The van der Waals surface area contributed by atoms with E-state index in [-0.39, 0.29) is 5.56 Å². The molecule has 3 nitrogen and oxygen atoms in total. The number of Topliss-reactive ketones (excluding diaryl/α,β-unsaturated/α-hetero) is 1. The van der Waals surface area contributed by atoms with Crippen molar-refractivity contribution in [2.24, 2.45) is 0 Å². The highest BCUT2D eigenvalue weighted by Gasteiger charge is 2.63. The Hall–Kier alpha value is -1.99. The number of carbonyl (C=O) groups excluding carboxylic acids is 1. The van der Waals surface area contributed by atoms with Crippen LogP contribution in [0.15, 0.2) is 30.7 Å². The van der Waals surface area contributed by atoms with E-state index >= 15 is 0 Å². The standard InChI is InChI=1S/C12H11F5N2O/c1-19(2)7-9(8-3-5-18-6-4-8)10(20)11(13,14)12(15,16)17/h3-7H,1-2H3/b9-7+. The summed E-state index contributed by atoms with van der Waals surface area (Å²) in [5, 5.41) is 0. The SMILES string of the molecule is CN(C)/C=C(/C(=O)C(F)(F)C(F)(F)F)c1ccncc1. The van der Waals surface area contributed by atoms with Crippen molar-refractivity contribution in [3.05, 3.63) is 36.3 Å². The minimum atomic E-state index is -5.94. The van der Waals surface area contributed by atoms with Crippen LogP contribution in [0.5, 0.6) is 0 Å². The molecule has 0 aliphatic rings. The van der Waals surface area contributed by atoms with Crippen molar-refractivity contribution in [3.63, 3.8) is 0 Å². The van der Waals surface area contributed by atoms with Gasteiger partial charge in [0.05, 0.1) is 0 Å². The minimum Gasteiger partial charge on any atom is -0.383 e. The number of ketones is 1. The van der Waals surface area contributed by atoms with Crippen LogP contribution >= 0.6 is 0 Å². The van der Waals surface area contributed by atoms with Crippen LogP contribution < -0.4 is 0 Å². The summed E-state index contributed by atoms with van der Waals surface area (Å²) < 4.78 is 63.1. The van der Waals surface area contributed by atoms with E-state index in [1.807, 2.05) is 0 Å². The van der Waals surface area contributed by atoms with Gasteiger partial charge < -0.3 is 4.90 Å². The van der Waals surface area contributed by atoms with Crippen molar-refractivity contribution in [2.45, 2.75) is 12.1 Å². The molecule has 0 unspecified atom stereocenters. The molecule has 0 saturated carbocycles. The van der Waals surface area contributed by atoms with E-state index in [2.05, 4.69) is 4.98 Å². The molecule has 0 bridgehead atoms. The second kappa shape index (κ2) is 5.56. The summed E-state index contributed by atoms with van der Waals surface area (Å²) in [6.45, 7) is 0. The fourth-order valence-electron chi connectivity index (χ4n) is 1.35. The molecule has 0 fully saturated rings. The van der Waals surface area contributed by atoms with Crippen LogP contribution in [0.2, 0.25) is 0 Å². The predicted molar refractivity (Wildman–Crippen MR) is 61.9 cm³/mol. The smallest absolute Gasteiger partial charge is 0.383 e. The zero-order chi connectivity index (χ0) is 15.6. The molecule has 1 rings (SSSR count). The Morgan fingerprint density at radius 2 is 1.65 bits per heavy atom. The van der Waals surface area contributed by atoms with Crippen LogP contribution in [-0.2, 0) is 4.79 Å². The first kappa shape index (κ1) is 16.1. The molecule has 0 aliphatic carbocycles. The second-order valence-electron chi connectivity index (χ2n) is 4.14. The van der Waals surface area contributed by atoms with Gasteiger partial charge in [0.1, 0.15) is 0 Å². The third-order valence-corrected chi connectivity index (χ3v) is 2.26. The summed E-state index contributed by atoms with van der Waals surface area (Å²) in [5.74, 6) is -7.75. The lowest BCUT2D eigenvalue weighted by atomic mass is 9.99. The Morgan fingerprint density at radius 1 is 1.15 bits per heavy atom. The van der Waals surface area contributed by atoms with Gasteiger partial charge in [-0.2, -0.15) is 22.0 Å². The zero-order valence-corrected chi connectivity index (χ0v) is 10.6. The monoisotopic (exact) mass is 294 g/mol. The van der Waals surface area contributed by atoms with Crippen molar-refractivity contribution < 1.29 is 26.7 Å². The number of nitrogens with zero attached hydrogens (tertiary/aromatic N) is 2. The average Bonchev–Trinajstić information content (AvgIpc) is 2.34. The molecule has 0 radical (unpaired) electrons. The van der Waals surface area contributed by atoms with E-state index in [0.29, 0.717) is 0 Å². The quantitative estimate of drug-likeness (QED) is 0.632. The van der Waals surface area contributed by atoms with Crippen molar-refractivity contribution in [1.82, 2.24) is 9.88 Å². The lowest BCUT2D eigenvalue weighted by molar-refractivity contribution is -0.265. The van der Waals surface area contributed by atoms with Crippen molar-refractivity contribution in [1.29, 1.82) is 0 Å². The van der Waals surface area contributed by atoms with Crippen LogP contribution in [0.25, 0.3) is 5.57 Å². The first-order valence-corrected chi connectivity index (χ1v) is 5.35. The molecule has 0 aromatic carbocycles. The number of allylic oxidation sites excluding steroid dienone is 1. The second-order valence-corrected chi connectivity index (χ2v) is 4.14. The maximum absolute atomic E-state index is 13.2. The van der Waals surface area contributed by atoms with E-state index < -0.39 is 23.5 Å². The lowest BCUT2D eigenvalue weighted by Crippen LogP contribution is -2.44. The number of halogens is 5. The molecule has 1 aromatic rings. The number of hydrogen-bond donors (Lipinski definition) is 0. The molecule has 0 N–H and O–H groups in total. The fourth-order valence-corrected chi connectivity index (χ4v) is 1.35. The summed E-state index contributed by atoms with van der Waals surface area (Å²) in [7, 11) is 2.81. The highest BCUT2D eigenvalue weighted by atomic mass is 19.4. The number of rotatable bonds is 4. The maximum Gasteiger partial charge on any atom is 0.461 e. The van der Waals surface area contributed by atoms with Gasteiger partial charge >= 0.3 is 12.1 Å². The predicted octanol–water partition coefficient (Wildman–Crippen LogP) is 2.75. The summed E-state index contributed by atoms with van der Waals surface area (Å²) in [6.07, 6.45) is -2.64. The van der Waals surface area contributed by atoms with Crippen LogP contribution in [0.3, 0.4) is 0 Å². The first-order chi connectivity index (χ1) is 9.07. The fraction of sp³-hybridized carbons (Fsp3) is 0.333. The topological polar surface area (TPSA) is 33.2 Å². The van der Waals surface area contributed by atoms with Crippen LogP contribution in [0.4, 0.5) is 22.0 Å². The Balaban J connectivity index is 3.31. The molecule has 0 atom stereocenters. The van der Waals surface area contributed by atoms with E-state index in [0.717, 1.165) is 6.20 Å². The van der Waals surface area contributed by atoms with Crippen molar-refractivity contribution in [3.8, 4) is 0 Å². The van der Waals surface area contributed by atoms with Gasteiger partial charge in [-0.3, -0.25) is 9.78 Å². The molecule has 0 aliphatic heterocycles. The maximum atomic E-state index is 13.2. The van der Waals surface area contributed by atoms with Gasteiger partial charge in [0.2, 0.25) is 5.78 Å². The third kappa shape index (κ3) is 3.31. The van der Waals surface area contributed by atoms with Gasteiger partial charge in [0, 0.05) is 38.3 Å². The molecule has 0 amide bonds. The van der Waals surface area contributed by atoms with Crippen LogP contribution in [0.1, 0.15) is 5.56 Å². The summed E-state index contributed by atoms with van der Waals surface area (Å²) in [6, 6.07) is 2.36. The molecule has 8 heteroatoms. The van der Waals surface area contributed by atoms with Crippen molar-refractivity contribution >= 4 is 11.4 Å². The number of alkyl halides is 5. The summed E-state index contributed by atoms with van der Waals surface area (Å²) in [5.41, 5.74) is -0.803. The average molecular weight is 294 g/mol. The molecular formula is C12H11F5N2O. The molecule has 110 valence electrons. The van der Waals surface area contributed by atoms with E-state index in [4.69, 9.17) is 0 Å². The lowest BCUT2D eigenvalue weighted by Gasteiger charge is -2.20. The zero-order valence-electron chi connectivity index (χ0n) is 10.6. The highest BCUT2D eigenvalue weighted by molar-refractivity contribution is 6.24. The molecular weight excluding hydrogens is 283 g/mol. The summed E-state index contributed by atoms with van der Waals surface area (Å²) >= 11 is 0. The van der Waals surface area contributed by atoms with Gasteiger partial charge in [0.15, 0.2) is 0 Å². The Kier molecular flexibility index (Phi) is 4.46. The molecule has 20 heavy (non-hydrogen) atoms. The van der Waals surface area contributed by atoms with Crippen molar-refractivity contribution in [2.75, 3.05) is 14.1 Å². The van der Waals surface area contributed by atoms with Gasteiger partial charge in [-0.15, -0.1) is 0 Å². The van der Waals surface area contributed by atoms with E-state index in [1.54, 1.807) is 0 Å². The Labute approximate surface area is 111 Å². The number of aromatic nitrogens is 1. The first-order valence-electron chi connectivity index (χ1n) is 5.35. The molecule has 1 aromatic heterocycles. The Morgan fingerprint density at radius 3 is 2.05 bits per heavy atom. The number of pyridine rings is 1. The number of hydrogen-bond acceptors (Lipinski definition) is 3.